The highest BCUT2D eigenvalue weighted by atomic mass is 16.5. The average molecular weight is 270 g/mol. The number of ether oxygens (including phenoxy) is 2. The first kappa shape index (κ1) is 13.7. The lowest BCUT2D eigenvalue weighted by atomic mass is 10.1. The van der Waals surface area contributed by atoms with Crippen LogP contribution in [0.1, 0.15) is 21.5 Å². The normalized spacial score (nSPS) is 10.5. The summed E-state index contributed by atoms with van der Waals surface area (Å²) in [5, 5.41) is 0. The van der Waals surface area contributed by atoms with E-state index in [-0.39, 0.29) is 0 Å². The molecule has 0 saturated heterocycles. The number of hydrogen-bond acceptors (Lipinski definition) is 5. The molecular formula is C15H14N2O3. The third-order valence-electron chi connectivity index (χ3n) is 2.70. The van der Waals surface area contributed by atoms with Gasteiger partial charge in [0.05, 0.1) is 14.2 Å². The predicted molar refractivity (Wildman–Crippen MR) is 75.3 cm³/mol. The first-order valence-electron chi connectivity index (χ1n) is 5.94. The van der Waals surface area contributed by atoms with E-state index in [1.807, 2.05) is 18.2 Å². The van der Waals surface area contributed by atoms with Crippen molar-refractivity contribution in [3.63, 3.8) is 0 Å². The number of esters is 1. The molecule has 0 atom stereocenters. The van der Waals surface area contributed by atoms with Gasteiger partial charge in [0.15, 0.2) is 0 Å². The Labute approximate surface area is 116 Å². The van der Waals surface area contributed by atoms with Gasteiger partial charge in [0.25, 0.3) is 0 Å². The number of benzene rings is 1. The molecule has 0 N–H and O–H groups in total. The Morgan fingerprint density at radius 2 is 1.90 bits per heavy atom. The smallest absolute Gasteiger partial charge is 0.342 e. The van der Waals surface area contributed by atoms with Gasteiger partial charge in [-0.05, 0) is 11.6 Å². The van der Waals surface area contributed by atoms with E-state index in [1.165, 1.54) is 20.5 Å². The average Bonchev–Trinajstić information content (AvgIpc) is 2.52. The molecule has 0 unspecified atom stereocenters. The SMILES string of the molecule is COC(=O)c1c(/C=C/c2cncnc2)cccc1OC. The van der Waals surface area contributed by atoms with E-state index in [9.17, 15) is 4.79 Å². The topological polar surface area (TPSA) is 61.3 Å². The summed E-state index contributed by atoms with van der Waals surface area (Å²) in [4.78, 5) is 19.7. The summed E-state index contributed by atoms with van der Waals surface area (Å²) in [5.74, 6) is 0.0368. The molecule has 1 aromatic heterocycles. The van der Waals surface area contributed by atoms with Gasteiger partial charge in [-0.25, -0.2) is 14.8 Å². The van der Waals surface area contributed by atoms with Gasteiger partial charge in [0.2, 0.25) is 0 Å². The molecule has 0 amide bonds. The fraction of sp³-hybridized carbons (Fsp3) is 0.133. The number of methoxy groups -OCH3 is 2. The van der Waals surface area contributed by atoms with Crippen molar-refractivity contribution in [2.24, 2.45) is 0 Å². The summed E-state index contributed by atoms with van der Waals surface area (Å²) in [6.07, 6.45) is 8.44. The van der Waals surface area contributed by atoms with Gasteiger partial charge in [-0.1, -0.05) is 24.3 Å². The summed E-state index contributed by atoms with van der Waals surface area (Å²) in [6.45, 7) is 0. The second kappa shape index (κ2) is 6.47. The van der Waals surface area contributed by atoms with E-state index in [0.29, 0.717) is 16.9 Å². The highest BCUT2D eigenvalue weighted by molar-refractivity contribution is 5.97. The zero-order chi connectivity index (χ0) is 14.4. The number of carbonyl (C=O) groups excluding carboxylic acids is 1. The van der Waals surface area contributed by atoms with Crippen molar-refractivity contribution in [2.45, 2.75) is 0 Å². The fourth-order valence-electron chi connectivity index (χ4n) is 1.76. The van der Waals surface area contributed by atoms with Crippen LogP contribution in [-0.2, 0) is 4.74 Å². The van der Waals surface area contributed by atoms with Gasteiger partial charge in [-0.15, -0.1) is 0 Å². The molecule has 0 aliphatic rings. The number of hydrogen-bond donors (Lipinski definition) is 0. The van der Waals surface area contributed by atoms with E-state index in [4.69, 9.17) is 9.47 Å². The molecule has 5 heteroatoms. The molecule has 20 heavy (non-hydrogen) atoms. The minimum atomic E-state index is -0.439. The zero-order valence-electron chi connectivity index (χ0n) is 11.2. The van der Waals surface area contributed by atoms with E-state index in [0.717, 1.165) is 5.56 Å². The van der Waals surface area contributed by atoms with Gasteiger partial charge < -0.3 is 9.47 Å². The Bertz CT molecular complexity index is 624. The van der Waals surface area contributed by atoms with Crippen LogP contribution in [-0.4, -0.2) is 30.2 Å². The van der Waals surface area contributed by atoms with Gasteiger partial charge in [-0.2, -0.15) is 0 Å². The molecule has 0 saturated carbocycles. The van der Waals surface area contributed by atoms with Crippen LogP contribution >= 0.6 is 0 Å². The molecule has 5 nitrogen and oxygen atoms in total. The van der Waals surface area contributed by atoms with E-state index < -0.39 is 5.97 Å². The van der Waals surface area contributed by atoms with Crippen molar-refractivity contribution >= 4 is 18.1 Å². The van der Waals surface area contributed by atoms with Gasteiger partial charge in [0.1, 0.15) is 17.6 Å². The molecule has 2 rings (SSSR count). The zero-order valence-corrected chi connectivity index (χ0v) is 11.2. The Morgan fingerprint density at radius 3 is 2.55 bits per heavy atom. The van der Waals surface area contributed by atoms with E-state index in [2.05, 4.69) is 9.97 Å². The van der Waals surface area contributed by atoms with Crippen LogP contribution < -0.4 is 4.74 Å². The Hall–Kier alpha value is -2.69. The summed E-state index contributed by atoms with van der Waals surface area (Å²) >= 11 is 0. The van der Waals surface area contributed by atoms with Crippen LogP contribution in [0.3, 0.4) is 0 Å². The standard InChI is InChI=1S/C15H14N2O3/c1-19-13-5-3-4-12(14(13)15(18)20-2)7-6-11-8-16-10-17-9-11/h3-10H,1-2H3/b7-6+. The molecular weight excluding hydrogens is 256 g/mol. The van der Waals surface area contributed by atoms with Crippen molar-refractivity contribution in [1.82, 2.24) is 9.97 Å². The van der Waals surface area contributed by atoms with E-state index in [1.54, 1.807) is 24.5 Å². The number of carbonyl (C=O) groups is 1. The molecule has 1 aromatic carbocycles. The van der Waals surface area contributed by atoms with Crippen LogP contribution in [0.4, 0.5) is 0 Å². The maximum Gasteiger partial charge on any atom is 0.342 e. The maximum atomic E-state index is 11.9. The van der Waals surface area contributed by atoms with E-state index >= 15 is 0 Å². The second-order valence-corrected chi connectivity index (χ2v) is 3.92. The first-order chi connectivity index (χ1) is 9.76. The molecule has 0 radical (unpaired) electrons. The number of aromatic nitrogens is 2. The van der Waals surface area contributed by atoms with Crippen LogP contribution in [0.2, 0.25) is 0 Å². The molecule has 0 bridgehead atoms. The number of nitrogens with zero attached hydrogens (tertiary/aromatic N) is 2. The molecule has 0 fully saturated rings. The van der Waals surface area contributed by atoms with Crippen LogP contribution in [0.15, 0.2) is 36.9 Å². The Kier molecular flexibility index (Phi) is 4.44. The van der Waals surface area contributed by atoms with Crippen molar-refractivity contribution in [3.8, 4) is 5.75 Å². The van der Waals surface area contributed by atoms with Gasteiger partial charge in [-0.3, -0.25) is 0 Å². The number of rotatable bonds is 4. The highest BCUT2D eigenvalue weighted by Gasteiger charge is 2.16. The summed E-state index contributed by atoms with van der Waals surface area (Å²) in [6, 6.07) is 5.34. The third kappa shape index (κ3) is 3.00. The van der Waals surface area contributed by atoms with Crippen molar-refractivity contribution in [1.29, 1.82) is 0 Å². The van der Waals surface area contributed by atoms with Crippen molar-refractivity contribution in [2.75, 3.05) is 14.2 Å². The summed E-state index contributed by atoms with van der Waals surface area (Å²) in [7, 11) is 2.85. The van der Waals surface area contributed by atoms with Crippen LogP contribution in [0, 0.1) is 0 Å². The van der Waals surface area contributed by atoms with Crippen molar-refractivity contribution < 1.29 is 14.3 Å². The third-order valence-corrected chi connectivity index (χ3v) is 2.70. The summed E-state index contributed by atoms with van der Waals surface area (Å²) in [5.41, 5.74) is 1.94. The minimum absolute atomic E-state index is 0.394. The molecule has 0 spiro atoms. The monoisotopic (exact) mass is 270 g/mol. The molecule has 2 aromatic rings. The molecule has 0 aliphatic heterocycles. The largest absolute Gasteiger partial charge is 0.496 e. The quantitative estimate of drug-likeness (QED) is 0.798. The Morgan fingerprint density at radius 1 is 1.15 bits per heavy atom. The first-order valence-corrected chi connectivity index (χ1v) is 5.94. The molecule has 102 valence electrons. The molecule has 1 heterocycles. The van der Waals surface area contributed by atoms with Gasteiger partial charge in [0, 0.05) is 18.0 Å². The highest BCUT2D eigenvalue weighted by Crippen LogP contribution is 2.24. The lowest BCUT2D eigenvalue weighted by Crippen LogP contribution is -2.06. The summed E-state index contributed by atoms with van der Waals surface area (Å²) < 4.78 is 10.00. The van der Waals surface area contributed by atoms with Gasteiger partial charge >= 0.3 is 5.97 Å². The van der Waals surface area contributed by atoms with Crippen molar-refractivity contribution in [3.05, 3.63) is 53.6 Å². The maximum absolute atomic E-state index is 11.9. The Balaban J connectivity index is 2.41. The predicted octanol–water partition coefficient (Wildman–Crippen LogP) is 2.44. The van der Waals surface area contributed by atoms with Crippen LogP contribution in [0.25, 0.3) is 12.2 Å². The minimum Gasteiger partial charge on any atom is -0.496 e. The van der Waals surface area contributed by atoms with Crippen LogP contribution in [0.5, 0.6) is 5.75 Å². The second-order valence-electron chi connectivity index (χ2n) is 3.92. The lowest BCUT2D eigenvalue weighted by molar-refractivity contribution is 0.0597. The molecule has 0 aliphatic carbocycles. The lowest BCUT2D eigenvalue weighted by Gasteiger charge is -2.09. The fourth-order valence-corrected chi connectivity index (χ4v) is 1.76.